The van der Waals surface area contributed by atoms with E-state index in [9.17, 15) is 57.8 Å². The van der Waals surface area contributed by atoms with Crippen LogP contribution >= 0.6 is 0 Å². The molecule has 0 amide bonds. The van der Waals surface area contributed by atoms with Crippen LogP contribution in [0, 0.1) is 28.1 Å². The fraction of sp³-hybridized carbons (Fsp3) is 0.377. The number of carboxylic acids is 5. The van der Waals surface area contributed by atoms with Crippen molar-refractivity contribution in [3.8, 4) is 0 Å². The summed E-state index contributed by atoms with van der Waals surface area (Å²) in [6, 6.07) is 83.2. The van der Waals surface area contributed by atoms with Crippen molar-refractivity contribution in [3.05, 3.63) is 243 Å². The molecule has 27 heteroatoms. The van der Waals surface area contributed by atoms with Crippen LogP contribution in [-0.2, 0) is 81.2 Å². The smallest absolute Gasteiger partial charge is 0.341 e. The summed E-state index contributed by atoms with van der Waals surface area (Å²) >= 11 is 0. The van der Waals surface area contributed by atoms with Crippen molar-refractivity contribution in [1.29, 1.82) is 0 Å². The van der Waals surface area contributed by atoms with Gasteiger partial charge in [0, 0.05) is 139 Å². The first-order valence-corrected chi connectivity index (χ1v) is 48.5. The van der Waals surface area contributed by atoms with E-state index < -0.39 is 83.2 Å². The third-order valence-electron chi connectivity index (χ3n) is 27.2. The topological polar surface area (TPSA) is 369 Å². The zero-order valence-electron chi connectivity index (χ0n) is 82.7. The van der Waals surface area contributed by atoms with Crippen LogP contribution < -0.4 is 0 Å². The Labute approximate surface area is 820 Å². The minimum atomic E-state index is -1.14. The predicted octanol–water partition coefficient (Wildman–Crippen LogP) is 24.3. The lowest BCUT2D eigenvalue weighted by molar-refractivity contribution is -0.163. The minimum absolute atomic E-state index is 0.0390. The number of rotatable bonds is 41. The highest BCUT2D eigenvalue weighted by Gasteiger charge is 2.39. The minimum Gasteiger partial charge on any atom is -0.481 e. The standard InChI is InChI=1S/C26H31NO6.C25H29NO6.C22H25NO4.C21H23NO4.C20H23NO2/c1-4-26(3,25(31)33-16-15-32-24(30)14-13-23(28)29)17-18(2)27-21-11-7-5-9-19(21)20-10-6-8-12-22(20)27;1-3-18(25(30)32-15-14-31-24(29)13-12-23(27)28)16-17(2)26-21-10-6-4-8-19(21)20-9-5-7-11-22(20)26;1-4-22(3,21(26)27-14-20(24)25)13-15(2)23-18-11-7-5-9-16(18)17-10-6-8-12-19(17)23;1-3-15(21(25)26-13-20(23)24)12-14(2)22-18-10-6-4-8-16(18)17-9-5-7-11-19(17)22;1-4-20(3,19(22)23)13-14(2)21-17-11-7-5-9-15(17)16-10-6-8-12-18(16)21/h5-12,18H,4,13-17H2,1-3H3,(H,28,29);4-11,17-18H,3,12-16H2,1-2H3,(H,27,28);5-12,15H,4,13-14H2,1-3H3,(H,24,25);4-11,14-15H,3,12-13H2,1-2H3,(H,23,24);5-12,14H,4,13H2,1-3H3,(H,22,23). The lowest BCUT2D eigenvalue weighted by Crippen LogP contribution is -2.33. The lowest BCUT2D eigenvalue weighted by atomic mass is 9.81. The predicted molar refractivity (Wildman–Crippen MR) is 549 cm³/mol. The second-order valence-corrected chi connectivity index (χ2v) is 37.1. The maximum atomic E-state index is 12.9. The van der Waals surface area contributed by atoms with E-state index in [4.69, 9.17) is 48.8 Å². The number of benzene rings is 10. The van der Waals surface area contributed by atoms with Gasteiger partial charge in [0.25, 0.3) is 0 Å². The molecule has 27 nitrogen and oxygen atoms in total. The molecule has 0 bridgehead atoms. The van der Waals surface area contributed by atoms with Gasteiger partial charge in [-0.2, -0.15) is 0 Å². The molecule has 5 aromatic heterocycles. The van der Waals surface area contributed by atoms with E-state index in [2.05, 4.69) is 191 Å². The number of fused-ring (bicyclic) bond motifs is 15. The van der Waals surface area contributed by atoms with Gasteiger partial charge in [0.1, 0.15) is 26.4 Å². The fourth-order valence-electron chi connectivity index (χ4n) is 19.4. The zero-order chi connectivity index (χ0) is 102. The summed E-state index contributed by atoms with van der Waals surface area (Å²) in [5.74, 6) is -8.51. The number of carbonyl (C=O) groups is 11. The summed E-state index contributed by atoms with van der Waals surface area (Å²) in [4.78, 5) is 127. The normalized spacial score (nSPS) is 14.1. The number of carbonyl (C=O) groups excluding carboxylic acids is 6. The molecule has 744 valence electrons. The summed E-state index contributed by atoms with van der Waals surface area (Å²) in [7, 11) is 0. The molecule has 10 aromatic carbocycles. The summed E-state index contributed by atoms with van der Waals surface area (Å²) in [6.07, 6.45) is 5.07. The Morgan fingerprint density at radius 2 is 0.475 bits per heavy atom. The number of hydrogen-bond acceptors (Lipinski definition) is 17. The molecular weight excluding hydrogens is 1790 g/mol. The van der Waals surface area contributed by atoms with Crippen LogP contribution in [0.1, 0.15) is 210 Å². The zero-order valence-corrected chi connectivity index (χ0v) is 82.7. The Bertz CT molecular complexity index is 6690. The molecule has 5 heterocycles. The van der Waals surface area contributed by atoms with Gasteiger partial charge in [-0.25, -0.2) is 9.59 Å². The Hall–Kier alpha value is -14.6. The molecule has 0 spiro atoms. The maximum Gasteiger partial charge on any atom is 0.341 e. The number of aliphatic carboxylic acids is 5. The van der Waals surface area contributed by atoms with Gasteiger partial charge in [-0.3, -0.25) is 43.2 Å². The van der Waals surface area contributed by atoms with Crippen molar-refractivity contribution in [1.82, 2.24) is 22.8 Å². The number of carboxylic acid groups (broad SMARTS) is 5. The molecule has 0 fully saturated rings. The van der Waals surface area contributed by atoms with E-state index in [1.54, 1.807) is 0 Å². The van der Waals surface area contributed by atoms with Crippen LogP contribution in [0.15, 0.2) is 243 Å². The molecule has 0 aliphatic heterocycles. The van der Waals surface area contributed by atoms with E-state index >= 15 is 0 Å². The van der Waals surface area contributed by atoms with Crippen molar-refractivity contribution in [2.45, 2.75) is 210 Å². The third kappa shape index (κ3) is 25.9. The SMILES string of the molecule is CCC(C)(CC(C)n1c2ccccc2c2ccccc21)C(=O)O.CCC(C)(CC(C)n1c2ccccc2c2ccccc21)C(=O)OCC(=O)O.CCC(C)(CC(C)n1c2ccccc2c2ccccc21)C(=O)OCCOC(=O)CCC(=O)O.CCC(CC(C)n1c2ccccc2c2ccccc21)C(=O)OCC(=O)O.CCC(CC(C)n1c2ccccc2c2ccccc21)C(=O)OCCOC(=O)CCC(=O)O. The summed E-state index contributed by atoms with van der Waals surface area (Å²) in [5, 5.41) is 56.2. The largest absolute Gasteiger partial charge is 0.481 e. The Kier molecular flexibility index (Phi) is 37.3. The van der Waals surface area contributed by atoms with Crippen LogP contribution in [0.2, 0.25) is 0 Å². The summed E-state index contributed by atoms with van der Waals surface area (Å²) in [5.41, 5.74) is 9.24. The van der Waals surface area contributed by atoms with Gasteiger partial charge in [0.2, 0.25) is 0 Å². The highest BCUT2D eigenvalue weighted by molar-refractivity contribution is 6.12. The Balaban J connectivity index is 0.000000169. The Morgan fingerprint density at radius 3 is 0.709 bits per heavy atom. The number of esters is 6. The fourth-order valence-corrected chi connectivity index (χ4v) is 19.4. The van der Waals surface area contributed by atoms with Crippen LogP contribution in [-0.4, -0.2) is 154 Å². The quantitative estimate of drug-likeness (QED) is 0.0135. The molecule has 5 N–H and O–H groups in total. The van der Waals surface area contributed by atoms with Crippen LogP contribution in [0.3, 0.4) is 0 Å². The van der Waals surface area contributed by atoms with E-state index in [0.717, 1.165) is 44.1 Å². The molecule has 10 unspecified atom stereocenters. The van der Waals surface area contributed by atoms with Crippen molar-refractivity contribution < 1.29 is 107 Å². The van der Waals surface area contributed by atoms with Gasteiger partial charge in [-0.05, 0) is 180 Å². The second-order valence-electron chi connectivity index (χ2n) is 37.1. The van der Waals surface area contributed by atoms with Crippen molar-refractivity contribution in [2.75, 3.05) is 39.6 Å². The molecule has 0 saturated carbocycles. The van der Waals surface area contributed by atoms with Gasteiger partial charge in [0.15, 0.2) is 13.2 Å². The second kappa shape index (κ2) is 49.3. The van der Waals surface area contributed by atoms with Crippen molar-refractivity contribution in [2.24, 2.45) is 28.1 Å². The van der Waals surface area contributed by atoms with Gasteiger partial charge in [-0.15, -0.1) is 0 Å². The Morgan fingerprint density at radius 1 is 0.262 bits per heavy atom. The van der Waals surface area contributed by atoms with Crippen molar-refractivity contribution in [3.63, 3.8) is 0 Å². The molecule has 0 aliphatic rings. The van der Waals surface area contributed by atoms with Gasteiger partial charge < -0.3 is 76.8 Å². The van der Waals surface area contributed by atoms with Crippen LogP contribution in [0.4, 0.5) is 0 Å². The molecule has 10 atom stereocenters. The number of para-hydroxylation sites is 10. The van der Waals surface area contributed by atoms with E-state index in [1.165, 1.54) is 64.9 Å². The first kappa shape index (κ1) is 107. The van der Waals surface area contributed by atoms with Gasteiger partial charge in [0.05, 0.1) is 53.8 Å². The number of nitrogens with zero attached hydrogens (tertiary/aromatic N) is 5. The number of aromatic nitrogens is 5. The first-order chi connectivity index (χ1) is 67.6. The van der Waals surface area contributed by atoms with E-state index in [1.807, 2.05) is 165 Å². The average molecular weight is 1920 g/mol. The number of ether oxygens (including phenoxy) is 6. The first-order valence-electron chi connectivity index (χ1n) is 48.5. The molecule has 0 aliphatic carbocycles. The van der Waals surface area contributed by atoms with Crippen molar-refractivity contribution >= 4 is 175 Å². The molecule has 15 aromatic rings. The number of hydrogen-bond donors (Lipinski definition) is 5. The molecule has 15 rings (SSSR count). The van der Waals surface area contributed by atoms with Crippen LogP contribution in [0.25, 0.3) is 109 Å². The molecule has 0 radical (unpaired) electrons. The molecular formula is C114H131N5O22. The summed E-state index contributed by atoms with van der Waals surface area (Å²) < 4.78 is 41.9. The molecule has 0 saturated heterocycles. The van der Waals surface area contributed by atoms with Crippen LogP contribution in [0.5, 0.6) is 0 Å². The average Bonchev–Trinajstić information content (AvgIpc) is 2.47. The van der Waals surface area contributed by atoms with E-state index in [-0.39, 0.29) is 106 Å². The highest BCUT2D eigenvalue weighted by Crippen LogP contribution is 2.44. The van der Waals surface area contributed by atoms with E-state index in [0.29, 0.717) is 64.2 Å². The maximum absolute atomic E-state index is 12.9. The lowest BCUT2D eigenvalue weighted by Gasteiger charge is -2.30. The van der Waals surface area contributed by atoms with Gasteiger partial charge in [-0.1, -0.05) is 217 Å². The monoisotopic (exact) mass is 1920 g/mol. The summed E-state index contributed by atoms with van der Waals surface area (Å²) in [6.45, 7) is 24.4. The molecule has 141 heavy (non-hydrogen) atoms. The van der Waals surface area contributed by atoms with Gasteiger partial charge >= 0.3 is 65.7 Å². The highest BCUT2D eigenvalue weighted by atomic mass is 16.6. The third-order valence-corrected chi connectivity index (χ3v) is 27.2.